The maximum absolute atomic E-state index is 12.3. The second-order valence-corrected chi connectivity index (χ2v) is 8.62. The van der Waals surface area contributed by atoms with Crippen molar-refractivity contribution in [2.75, 3.05) is 31.0 Å². The first kappa shape index (κ1) is 22.7. The molecule has 3 rings (SSSR count). The topological polar surface area (TPSA) is 139 Å². The molecule has 0 unspecified atom stereocenters. The van der Waals surface area contributed by atoms with Gasteiger partial charge in [-0.25, -0.2) is 23.2 Å². The lowest BCUT2D eigenvalue weighted by Gasteiger charge is -2.15. The van der Waals surface area contributed by atoms with Crippen LogP contribution in [0.15, 0.2) is 59.8 Å². The van der Waals surface area contributed by atoms with Crippen LogP contribution in [0.1, 0.15) is 20.7 Å². The lowest BCUT2D eigenvalue weighted by molar-refractivity contribution is 0.0600. The first-order valence-electron chi connectivity index (χ1n) is 9.32. The van der Waals surface area contributed by atoms with Crippen LogP contribution in [0, 0.1) is 0 Å². The van der Waals surface area contributed by atoms with Crippen LogP contribution in [0.25, 0.3) is 0 Å². The monoisotopic (exact) mass is 455 g/mol. The van der Waals surface area contributed by atoms with Crippen LogP contribution in [-0.4, -0.2) is 50.7 Å². The number of hydrogen-bond donors (Lipinski definition) is 3. The molecule has 1 aromatic carbocycles. The first-order valence-corrected chi connectivity index (χ1v) is 11.2. The smallest absolute Gasteiger partial charge is 0.339 e. The van der Waals surface area contributed by atoms with Gasteiger partial charge in [0.05, 0.1) is 34.5 Å². The predicted octanol–water partition coefficient (Wildman–Crippen LogP) is 2.51. The normalized spacial score (nSPS) is 10.8. The number of pyridine rings is 2. The number of nitrogens with zero attached hydrogens (tertiary/aromatic N) is 2. The van der Waals surface area contributed by atoms with E-state index in [0.717, 1.165) is 6.26 Å². The highest BCUT2D eigenvalue weighted by Gasteiger charge is 2.17. The Morgan fingerprint density at radius 1 is 0.938 bits per heavy atom. The predicted molar refractivity (Wildman–Crippen MR) is 119 cm³/mol. The molecule has 10 nitrogen and oxygen atoms in total. The van der Waals surface area contributed by atoms with E-state index < -0.39 is 21.7 Å². The van der Waals surface area contributed by atoms with Crippen LogP contribution < -0.4 is 16.0 Å². The van der Waals surface area contributed by atoms with Gasteiger partial charge in [0.25, 0.3) is 5.91 Å². The molecule has 166 valence electrons. The molecule has 0 saturated heterocycles. The SMILES string of the molecule is CNC(=O)c1cnc(Nc2ccc(C(=O)OC)cn2)cc1Nc1ccccc1S(C)(=O)=O. The fraction of sp³-hybridized carbons (Fsp3) is 0.143. The summed E-state index contributed by atoms with van der Waals surface area (Å²) < 4.78 is 28.9. The van der Waals surface area contributed by atoms with Crippen LogP contribution in [0.5, 0.6) is 0 Å². The molecule has 1 amide bonds. The molecule has 0 radical (unpaired) electrons. The van der Waals surface area contributed by atoms with Gasteiger partial charge >= 0.3 is 5.97 Å². The Kier molecular flexibility index (Phi) is 6.69. The van der Waals surface area contributed by atoms with Crippen LogP contribution in [0.3, 0.4) is 0 Å². The number of benzene rings is 1. The number of ether oxygens (including phenoxy) is 1. The number of carbonyl (C=O) groups is 2. The highest BCUT2D eigenvalue weighted by atomic mass is 32.2. The minimum atomic E-state index is -3.51. The zero-order valence-corrected chi connectivity index (χ0v) is 18.4. The fourth-order valence-electron chi connectivity index (χ4n) is 2.82. The standard InChI is InChI=1S/C21H21N5O5S/c1-22-20(27)14-12-24-19(26-18-9-8-13(11-23-18)21(28)31-2)10-16(14)25-15-6-4-5-7-17(15)32(3,29)30/h4-12H,1-3H3,(H,22,27)(H2,23,24,25,26). The molecule has 2 heterocycles. The molecule has 0 aliphatic heterocycles. The molecule has 32 heavy (non-hydrogen) atoms. The molecule has 11 heteroatoms. The van der Waals surface area contributed by atoms with Crippen LogP contribution in [0.4, 0.5) is 23.0 Å². The molecule has 0 fully saturated rings. The van der Waals surface area contributed by atoms with Gasteiger partial charge in [-0.1, -0.05) is 12.1 Å². The van der Waals surface area contributed by atoms with Crippen molar-refractivity contribution in [3.63, 3.8) is 0 Å². The van der Waals surface area contributed by atoms with Gasteiger partial charge in [-0.15, -0.1) is 0 Å². The second kappa shape index (κ2) is 9.43. The van der Waals surface area contributed by atoms with Gasteiger partial charge in [-0.3, -0.25) is 4.79 Å². The van der Waals surface area contributed by atoms with Crippen molar-refractivity contribution in [1.82, 2.24) is 15.3 Å². The van der Waals surface area contributed by atoms with Gasteiger partial charge < -0.3 is 20.7 Å². The third-order valence-corrected chi connectivity index (χ3v) is 5.53. The van der Waals surface area contributed by atoms with Crippen molar-refractivity contribution in [3.8, 4) is 0 Å². The molecule has 3 aromatic rings. The number of methoxy groups -OCH3 is 1. The Balaban J connectivity index is 1.96. The summed E-state index contributed by atoms with van der Waals surface area (Å²) >= 11 is 0. The van der Waals surface area contributed by atoms with E-state index in [2.05, 4.69) is 30.7 Å². The van der Waals surface area contributed by atoms with E-state index in [0.29, 0.717) is 28.6 Å². The van der Waals surface area contributed by atoms with Crippen molar-refractivity contribution in [3.05, 3.63) is 66.0 Å². The van der Waals surface area contributed by atoms with E-state index in [9.17, 15) is 18.0 Å². The average Bonchev–Trinajstić information content (AvgIpc) is 2.78. The largest absolute Gasteiger partial charge is 0.465 e. The summed E-state index contributed by atoms with van der Waals surface area (Å²) in [6.07, 6.45) is 3.82. The lowest BCUT2D eigenvalue weighted by Crippen LogP contribution is -2.20. The molecule has 3 N–H and O–H groups in total. The number of amides is 1. The third-order valence-electron chi connectivity index (χ3n) is 4.37. The Morgan fingerprint density at radius 2 is 1.66 bits per heavy atom. The van der Waals surface area contributed by atoms with Crippen molar-refractivity contribution in [2.24, 2.45) is 0 Å². The highest BCUT2D eigenvalue weighted by Crippen LogP contribution is 2.28. The minimum absolute atomic E-state index is 0.0919. The number of aromatic nitrogens is 2. The molecule has 0 bridgehead atoms. The summed E-state index contributed by atoms with van der Waals surface area (Å²) in [5.41, 5.74) is 1.16. The number of para-hydroxylation sites is 1. The summed E-state index contributed by atoms with van der Waals surface area (Å²) in [6, 6.07) is 11.1. The van der Waals surface area contributed by atoms with E-state index in [-0.39, 0.29) is 10.5 Å². The van der Waals surface area contributed by atoms with Gasteiger partial charge in [-0.05, 0) is 24.3 Å². The third kappa shape index (κ3) is 5.19. The molecule has 0 aliphatic carbocycles. The Morgan fingerprint density at radius 3 is 2.28 bits per heavy atom. The quantitative estimate of drug-likeness (QED) is 0.458. The molecule has 0 atom stereocenters. The van der Waals surface area contributed by atoms with Crippen LogP contribution in [0.2, 0.25) is 0 Å². The van der Waals surface area contributed by atoms with Gasteiger partial charge in [0.15, 0.2) is 9.84 Å². The number of carbonyl (C=O) groups excluding carboxylic acids is 2. The maximum atomic E-state index is 12.3. The van der Waals surface area contributed by atoms with E-state index in [4.69, 9.17) is 0 Å². The number of hydrogen-bond acceptors (Lipinski definition) is 9. The average molecular weight is 455 g/mol. The first-order chi connectivity index (χ1) is 15.2. The summed E-state index contributed by atoms with van der Waals surface area (Å²) in [5, 5.41) is 8.53. The number of esters is 1. The second-order valence-electron chi connectivity index (χ2n) is 6.64. The van der Waals surface area contributed by atoms with Crippen molar-refractivity contribution >= 4 is 44.7 Å². The lowest BCUT2D eigenvalue weighted by atomic mass is 10.2. The minimum Gasteiger partial charge on any atom is -0.465 e. The van der Waals surface area contributed by atoms with E-state index in [1.165, 1.54) is 32.6 Å². The van der Waals surface area contributed by atoms with Crippen molar-refractivity contribution in [1.29, 1.82) is 0 Å². The van der Waals surface area contributed by atoms with Gasteiger partial charge in [0.1, 0.15) is 11.6 Å². The number of rotatable bonds is 7. The highest BCUT2D eigenvalue weighted by molar-refractivity contribution is 7.90. The summed E-state index contributed by atoms with van der Waals surface area (Å²) in [5.74, 6) is -0.160. The maximum Gasteiger partial charge on any atom is 0.339 e. The molecule has 0 aliphatic rings. The van der Waals surface area contributed by atoms with Gasteiger partial charge in [0.2, 0.25) is 0 Å². The zero-order valence-electron chi connectivity index (χ0n) is 17.5. The van der Waals surface area contributed by atoms with Crippen molar-refractivity contribution < 1.29 is 22.7 Å². The molecule has 0 spiro atoms. The fourth-order valence-corrected chi connectivity index (χ4v) is 3.66. The summed E-state index contributed by atoms with van der Waals surface area (Å²) in [4.78, 5) is 32.3. The van der Waals surface area contributed by atoms with E-state index >= 15 is 0 Å². The Bertz CT molecular complexity index is 1260. The number of sulfone groups is 1. The Labute approximate surface area is 185 Å². The molecule has 2 aromatic heterocycles. The van der Waals surface area contributed by atoms with E-state index in [1.807, 2.05) is 0 Å². The van der Waals surface area contributed by atoms with Gasteiger partial charge in [-0.2, -0.15) is 0 Å². The van der Waals surface area contributed by atoms with E-state index in [1.54, 1.807) is 36.4 Å². The molecular weight excluding hydrogens is 434 g/mol. The Hall–Kier alpha value is -3.99. The number of nitrogens with one attached hydrogen (secondary N) is 3. The van der Waals surface area contributed by atoms with Crippen LogP contribution >= 0.6 is 0 Å². The van der Waals surface area contributed by atoms with Gasteiger partial charge in [0, 0.05) is 31.8 Å². The van der Waals surface area contributed by atoms with Crippen molar-refractivity contribution in [2.45, 2.75) is 4.90 Å². The summed E-state index contributed by atoms with van der Waals surface area (Å²) in [6.45, 7) is 0. The molecular formula is C21H21N5O5S. The van der Waals surface area contributed by atoms with Crippen LogP contribution in [-0.2, 0) is 14.6 Å². The zero-order chi connectivity index (χ0) is 23.3. The molecule has 0 saturated carbocycles. The summed E-state index contributed by atoms with van der Waals surface area (Å²) in [7, 11) is -0.744. The number of anilines is 4.